The Morgan fingerprint density at radius 1 is 1.05 bits per heavy atom. The topological polar surface area (TPSA) is 29.3 Å². The molecule has 0 saturated heterocycles. The molecular formula is C18H24N2. The molecule has 0 fully saturated rings. The minimum atomic E-state index is 0.100. The number of nitrogens with two attached hydrogens (primary N) is 1. The van der Waals surface area contributed by atoms with Crippen molar-refractivity contribution in [3.8, 4) is 0 Å². The van der Waals surface area contributed by atoms with E-state index in [1.54, 1.807) is 0 Å². The van der Waals surface area contributed by atoms with Crippen LogP contribution in [0.2, 0.25) is 0 Å². The molecule has 0 amide bonds. The first-order chi connectivity index (χ1) is 9.58. The van der Waals surface area contributed by atoms with E-state index in [1.807, 2.05) is 0 Å². The Morgan fingerprint density at radius 3 is 2.50 bits per heavy atom. The maximum absolute atomic E-state index is 6.33. The molecule has 0 saturated carbocycles. The molecule has 0 aliphatic heterocycles. The van der Waals surface area contributed by atoms with Crippen LogP contribution in [0.15, 0.2) is 48.5 Å². The Morgan fingerprint density at radius 2 is 1.80 bits per heavy atom. The SMILES string of the molecule is Cc1cccc(N(C)CCC(N)c2ccccc2C)c1. The molecule has 2 aromatic carbocycles. The van der Waals surface area contributed by atoms with Gasteiger partial charge in [0.2, 0.25) is 0 Å². The van der Waals surface area contributed by atoms with Gasteiger partial charge in [-0.05, 0) is 49.1 Å². The molecule has 20 heavy (non-hydrogen) atoms. The fourth-order valence-corrected chi connectivity index (χ4v) is 2.49. The van der Waals surface area contributed by atoms with Crippen molar-refractivity contribution < 1.29 is 0 Å². The van der Waals surface area contributed by atoms with Crippen molar-refractivity contribution in [1.29, 1.82) is 0 Å². The molecule has 0 radical (unpaired) electrons. The predicted molar refractivity (Wildman–Crippen MR) is 87.2 cm³/mol. The largest absolute Gasteiger partial charge is 0.375 e. The first kappa shape index (κ1) is 14.6. The van der Waals surface area contributed by atoms with Crippen molar-refractivity contribution in [2.75, 3.05) is 18.5 Å². The second-order valence-corrected chi connectivity index (χ2v) is 5.51. The summed E-state index contributed by atoms with van der Waals surface area (Å²) in [7, 11) is 2.12. The van der Waals surface area contributed by atoms with Crippen LogP contribution >= 0.6 is 0 Å². The summed E-state index contributed by atoms with van der Waals surface area (Å²) in [5, 5.41) is 0. The van der Waals surface area contributed by atoms with E-state index in [0.717, 1.165) is 13.0 Å². The number of hydrogen-bond donors (Lipinski definition) is 1. The summed E-state index contributed by atoms with van der Waals surface area (Å²) in [6.07, 6.45) is 0.954. The zero-order valence-corrected chi connectivity index (χ0v) is 12.6. The molecule has 1 atom stereocenters. The van der Waals surface area contributed by atoms with E-state index < -0.39 is 0 Å². The summed E-state index contributed by atoms with van der Waals surface area (Å²) in [5.41, 5.74) is 11.4. The van der Waals surface area contributed by atoms with Gasteiger partial charge in [-0.1, -0.05) is 36.4 Å². The van der Waals surface area contributed by atoms with Gasteiger partial charge >= 0.3 is 0 Å². The van der Waals surface area contributed by atoms with Gasteiger partial charge in [0.1, 0.15) is 0 Å². The smallest absolute Gasteiger partial charge is 0.0366 e. The van der Waals surface area contributed by atoms with Crippen LogP contribution in [0.1, 0.15) is 29.2 Å². The van der Waals surface area contributed by atoms with Crippen LogP contribution in [0.25, 0.3) is 0 Å². The van der Waals surface area contributed by atoms with Gasteiger partial charge in [-0.2, -0.15) is 0 Å². The second-order valence-electron chi connectivity index (χ2n) is 5.51. The highest BCUT2D eigenvalue weighted by Gasteiger charge is 2.10. The average Bonchev–Trinajstić information content (AvgIpc) is 2.45. The molecule has 2 aromatic rings. The monoisotopic (exact) mass is 268 g/mol. The van der Waals surface area contributed by atoms with Crippen LogP contribution in [0.3, 0.4) is 0 Å². The summed E-state index contributed by atoms with van der Waals surface area (Å²) in [5.74, 6) is 0. The van der Waals surface area contributed by atoms with Gasteiger partial charge in [-0.25, -0.2) is 0 Å². The van der Waals surface area contributed by atoms with Gasteiger partial charge in [0.05, 0.1) is 0 Å². The molecule has 0 bridgehead atoms. The maximum Gasteiger partial charge on any atom is 0.0366 e. The Labute approximate surface area is 122 Å². The third kappa shape index (κ3) is 3.61. The van der Waals surface area contributed by atoms with Crippen LogP contribution in [0.4, 0.5) is 5.69 Å². The highest BCUT2D eigenvalue weighted by atomic mass is 15.1. The first-order valence-electron chi connectivity index (χ1n) is 7.17. The number of rotatable bonds is 5. The number of hydrogen-bond acceptors (Lipinski definition) is 2. The third-order valence-corrected chi connectivity index (χ3v) is 3.81. The predicted octanol–water partition coefficient (Wildman–Crippen LogP) is 3.83. The van der Waals surface area contributed by atoms with Crippen LogP contribution in [-0.4, -0.2) is 13.6 Å². The van der Waals surface area contributed by atoms with Crippen molar-refractivity contribution >= 4 is 5.69 Å². The fourth-order valence-electron chi connectivity index (χ4n) is 2.49. The highest BCUT2D eigenvalue weighted by molar-refractivity contribution is 5.47. The normalized spacial score (nSPS) is 12.2. The van der Waals surface area contributed by atoms with E-state index >= 15 is 0 Å². The molecule has 0 aliphatic carbocycles. The molecule has 2 heteroatoms. The molecule has 0 heterocycles. The van der Waals surface area contributed by atoms with Gasteiger partial charge in [0, 0.05) is 25.3 Å². The standard InChI is InChI=1S/C18H24N2/c1-14-7-6-9-16(13-14)20(3)12-11-18(19)17-10-5-4-8-15(17)2/h4-10,13,18H,11-12,19H2,1-3H3. The summed E-state index contributed by atoms with van der Waals surface area (Å²) in [6, 6.07) is 17.1. The third-order valence-electron chi connectivity index (χ3n) is 3.81. The van der Waals surface area contributed by atoms with E-state index in [2.05, 4.69) is 74.3 Å². The molecule has 2 nitrogen and oxygen atoms in total. The van der Waals surface area contributed by atoms with E-state index in [4.69, 9.17) is 5.73 Å². The fraction of sp³-hybridized carbons (Fsp3) is 0.333. The highest BCUT2D eigenvalue weighted by Crippen LogP contribution is 2.20. The molecule has 0 spiro atoms. The number of aryl methyl sites for hydroxylation is 2. The zero-order chi connectivity index (χ0) is 14.5. The van der Waals surface area contributed by atoms with Crippen LogP contribution in [-0.2, 0) is 0 Å². The Balaban J connectivity index is 1.97. The van der Waals surface area contributed by atoms with Crippen LogP contribution < -0.4 is 10.6 Å². The number of anilines is 1. The van der Waals surface area contributed by atoms with Crippen molar-refractivity contribution in [3.63, 3.8) is 0 Å². The van der Waals surface area contributed by atoms with E-state index in [9.17, 15) is 0 Å². The minimum absolute atomic E-state index is 0.100. The van der Waals surface area contributed by atoms with Crippen molar-refractivity contribution in [3.05, 3.63) is 65.2 Å². The zero-order valence-electron chi connectivity index (χ0n) is 12.6. The lowest BCUT2D eigenvalue weighted by Gasteiger charge is -2.22. The molecule has 0 aliphatic rings. The Kier molecular flexibility index (Phi) is 4.80. The summed E-state index contributed by atoms with van der Waals surface area (Å²) < 4.78 is 0. The molecule has 0 aromatic heterocycles. The lowest BCUT2D eigenvalue weighted by molar-refractivity contribution is 0.642. The lowest BCUT2D eigenvalue weighted by Crippen LogP contribution is -2.23. The Hall–Kier alpha value is -1.80. The summed E-state index contributed by atoms with van der Waals surface area (Å²) in [4.78, 5) is 2.27. The van der Waals surface area contributed by atoms with Crippen LogP contribution in [0, 0.1) is 13.8 Å². The van der Waals surface area contributed by atoms with Gasteiger partial charge in [-0.3, -0.25) is 0 Å². The van der Waals surface area contributed by atoms with E-state index in [1.165, 1.54) is 22.4 Å². The van der Waals surface area contributed by atoms with Crippen molar-refractivity contribution in [2.24, 2.45) is 5.73 Å². The van der Waals surface area contributed by atoms with Gasteiger partial charge in [0.15, 0.2) is 0 Å². The maximum atomic E-state index is 6.33. The van der Waals surface area contributed by atoms with Crippen molar-refractivity contribution in [1.82, 2.24) is 0 Å². The quantitative estimate of drug-likeness (QED) is 0.893. The minimum Gasteiger partial charge on any atom is -0.375 e. The molecule has 106 valence electrons. The van der Waals surface area contributed by atoms with Gasteiger partial charge in [0.25, 0.3) is 0 Å². The summed E-state index contributed by atoms with van der Waals surface area (Å²) in [6.45, 7) is 5.20. The number of benzene rings is 2. The summed E-state index contributed by atoms with van der Waals surface area (Å²) >= 11 is 0. The van der Waals surface area contributed by atoms with Gasteiger partial charge in [-0.15, -0.1) is 0 Å². The second kappa shape index (κ2) is 6.58. The van der Waals surface area contributed by atoms with Crippen molar-refractivity contribution in [2.45, 2.75) is 26.3 Å². The average molecular weight is 268 g/mol. The van der Waals surface area contributed by atoms with E-state index in [0.29, 0.717) is 0 Å². The van der Waals surface area contributed by atoms with E-state index in [-0.39, 0.29) is 6.04 Å². The number of nitrogens with zero attached hydrogens (tertiary/aromatic N) is 1. The van der Waals surface area contributed by atoms with Gasteiger partial charge < -0.3 is 10.6 Å². The Bertz CT molecular complexity index is 563. The molecular weight excluding hydrogens is 244 g/mol. The first-order valence-corrected chi connectivity index (χ1v) is 7.17. The van der Waals surface area contributed by atoms with Crippen LogP contribution in [0.5, 0.6) is 0 Å². The molecule has 2 N–H and O–H groups in total. The lowest BCUT2D eigenvalue weighted by atomic mass is 9.99. The molecule has 2 rings (SSSR count). The molecule has 1 unspecified atom stereocenters.